The predicted molar refractivity (Wildman–Crippen MR) is 78.5 cm³/mol. The van der Waals surface area contributed by atoms with Crippen LogP contribution in [-0.4, -0.2) is 16.1 Å². The Labute approximate surface area is 124 Å². The molecule has 0 bridgehead atoms. The second-order valence-electron chi connectivity index (χ2n) is 3.94. The molecule has 0 aliphatic heterocycles. The van der Waals surface area contributed by atoms with Gasteiger partial charge in [-0.05, 0) is 25.0 Å². The molecule has 0 amide bonds. The molecule has 2 aromatic rings. The summed E-state index contributed by atoms with van der Waals surface area (Å²) in [6, 6.07) is 5.10. The number of rotatable bonds is 4. The first-order valence-electron chi connectivity index (χ1n) is 5.72. The minimum absolute atomic E-state index is 0.0171. The van der Waals surface area contributed by atoms with E-state index >= 15 is 0 Å². The lowest BCUT2D eigenvalue weighted by Gasteiger charge is -2.04. The molecule has 1 aromatic carbocycles. The first-order chi connectivity index (χ1) is 9.04. The topological polar surface area (TPSA) is 50.2 Å². The van der Waals surface area contributed by atoms with Gasteiger partial charge in [-0.2, -0.15) is 0 Å². The molecule has 19 heavy (non-hydrogen) atoms. The van der Waals surface area contributed by atoms with Crippen molar-refractivity contribution in [3.05, 3.63) is 38.9 Å². The van der Waals surface area contributed by atoms with Crippen LogP contribution in [0.2, 0.25) is 10.0 Å². The van der Waals surface area contributed by atoms with E-state index in [1.54, 1.807) is 18.2 Å². The quantitative estimate of drug-likeness (QED) is 0.884. The van der Waals surface area contributed by atoms with Crippen LogP contribution in [0.25, 0.3) is 10.4 Å². The maximum Gasteiger partial charge on any atom is 0.356 e. The van der Waals surface area contributed by atoms with Gasteiger partial charge in [0.1, 0.15) is 0 Å². The number of aromatic carboxylic acids is 1. The van der Waals surface area contributed by atoms with E-state index in [-0.39, 0.29) is 5.69 Å². The molecule has 0 atom stereocenters. The number of nitrogens with zero attached hydrogens (tertiary/aromatic N) is 1. The van der Waals surface area contributed by atoms with Crippen LogP contribution in [0, 0.1) is 0 Å². The normalized spacial score (nSPS) is 10.7. The van der Waals surface area contributed by atoms with E-state index in [4.69, 9.17) is 23.2 Å². The number of halogens is 2. The number of hydrogen-bond acceptors (Lipinski definition) is 3. The van der Waals surface area contributed by atoms with Crippen LogP contribution in [-0.2, 0) is 6.42 Å². The molecule has 1 heterocycles. The first-order valence-corrected chi connectivity index (χ1v) is 7.29. The van der Waals surface area contributed by atoms with Crippen molar-refractivity contribution < 1.29 is 9.90 Å². The van der Waals surface area contributed by atoms with Gasteiger partial charge in [-0.25, -0.2) is 9.78 Å². The molecule has 0 aliphatic rings. The first kappa shape index (κ1) is 14.3. The Hall–Kier alpha value is -1.10. The lowest BCUT2D eigenvalue weighted by molar-refractivity contribution is 0.0692. The Morgan fingerprint density at radius 1 is 1.37 bits per heavy atom. The van der Waals surface area contributed by atoms with Crippen LogP contribution in [0.5, 0.6) is 0 Å². The number of hydrogen-bond donors (Lipinski definition) is 1. The van der Waals surface area contributed by atoms with Gasteiger partial charge in [0.25, 0.3) is 0 Å². The molecular weight excluding hydrogens is 305 g/mol. The Kier molecular flexibility index (Phi) is 4.45. The smallest absolute Gasteiger partial charge is 0.356 e. The van der Waals surface area contributed by atoms with Crippen molar-refractivity contribution in [2.45, 2.75) is 19.8 Å². The van der Waals surface area contributed by atoms with Crippen LogP contribution in [0.1, 0.15) is 28.8 Å². The minimum atomic E-state index is -1.07. The molecule has 0 saturated carbocycles. The largest absolute Gasteiger partial charge is 0.476 e. The van der Waals surface area contributed by atoms with Crippen molar-refractivity contribution in [3.63, 3.8) is 0 Å². The van der Waals surface area contributed by atoms with Crippen molar-refractivity contribution >= 4 is 40.5 Å². The van der Waals surface area contributed by atoms with E-state index in [0.29, 0.717) is 20.5 Å². The van der Waals surface area contributed by atoms with Gasteiger partial charge in [0, 0.05) is 5.56 Å². The van der Waals surface area contributed by atoms with Gasteiger partial charge in [-0.15, -0.1) is 11.3 Å². The van der Waals surface area contributed by atoms with Gasteiger partial charge < -0.3 is 5.11 Å². The second kappa shape index (κ2) is 5.90. The molecular formula is C13H11Cl2NO2S. The maximum absolute atomic E-state index is 11.3. The lowest BCUT2D eigenvalue weighted by Crippen LogP contribution is -1.99. The van der Waals surface area contributed by atoms with Gasteiger partial charge in [0.05, 0.1) is 19.9 Å². The molecule has 0 saturated heterocycles. The summed E-state index contributed by atoms with van der Waals surface area (Å²) in [7, 11) is 0. The van der Waals surface area contributed by atoms with Gasteiger partial charge in [0.15, 0.2) is 5.69 Å². The van der Waals surface area contributed by atoms with Gasteiger partial charge in [0.2, 0.25) is 0 Å². The SMILES string of the molecule is CCCc1nc(C(=O)O)c(-c2c(Cl)cccc2Cl)s1. The number of carboxylic acids is 1. The molecule has 0 unspecified atom stereocenters. The molecule has 0 radical (unpaired) electrons. The summed E-state index contributed by atoms with van der Waals surface area (Å²) in [5.41, 5.74) is 0.562. The number of aromatic nitrogens is 1. The molecule has 0 spiro atoms. The number of thiazole rings is 1. The molecule has 2 rings (SSSR count). The van der Waals surface area contributed by atoms with Crippen molar-refractivity contribution in [1.82, 2.24) is 4.98 Å². The van der Waals surface area contributed by atoms with Gasteiger partial charge >= 0.3 is 5.97 Å². The highest BCUT2D eigenvalue weighted by molar-refractivity contribution is 7.15. The highest BCUT2D eigenvalue weighted by Gasteiger charge is 2.22. The van der Waals surface area contributed by atoms with Crippen LogP contribution < -0.4 is 0 Å². The third-order valence-electron chi connectivity index (χ3n) is 2.53. The molecule has 100 valence electrons. The van der Waals surface area contributed by atoms with Crippen LogP contribution >= 0.6 is 34.5 Å². The van der Waals surface area contributed by atoms with Gasteiger partial charge in [-0.1, -0.05) is 36.2 Å². The molecule has 0 fully saturated rings. The summed E-state index contributed by atoms with van der Waals surface area (Å²) in [5, 5.41) is 10.9. The molecule has 6 heteroatoms. The number of benzene rings is 1. The molecule has 3 nitrogen and oxygen atoms in total. The summed E-state index contributed by atoms with van der Waals surface area (Å²) >= 11 is 13.6. The standard InChI is InChI=1S/C13H11Cl2NO2S/c1-2-4-9-16-11(13(17)18)12(19-9)10-7(14)5-3-6-8(10)15/h3,5-6H,2,4H2,1H3,(H,17,18). The zero-order chi connectivity index (χ0) is 14.0. The highest BCUT2D eigenvalue weighted by Crippen LogP contribution is 2.40. The summed E-state index contributed by atoms with van der Waals surface area (Å²) in [5.74, 6) is -1.07. The van der Waals surface area contributed by atoms with E-state index in [2.05, 4.69) is 4.98 Å². The van der Waals surface area contributed by atoms with Crippen molar-refractivity contribution in [3.8, 4) is 10.4 Å². The van der Waals surface area contributed by atoms with E-state index < -0.39 is 5.97 Å². The third-order valence-corrected chi connectivity index (χ3v) is 4.29. The lowest BCUT2D eigenvalue weighted by atomic mass is 10.1. The fourth-order valence-electron chi connectivity index (χ4n) is 1.71. The fourth-order valence-corrected chi connectivity index (χ4v) is 3.64. The van der Waals surface area contributed by atoms with Crippen LogP contribution in [0.15, 0.2) is 18.2 Å². The highest BCUT2D eigenvalue weighted by atomic mass is 35.5. The average Bonchev–Trinajstić information content (AvgIpc) is 2.73. The monoisotopic (exact) mass is 315 g/mol. The number of carbonyl (C=O) groups is 1. The summed E-state index contributed by atoms with van der Waals surface area (Å²) < 4.78 is 0. The van der Waals surface area contributed by atoms with Crippen molar-refractivity contribution in [1.29, 1.82) is 0 Å². The summed E-state index contributed by atoms with van der Waals surface area (Å²) in [6.07, 6.45) is 1.65. The Balaban J connectivity index is 2.63. The Morgan fingerprint density at radius 3 is 2.53 bits per heavy atom. The molecule has 0 aliphatic carbocycles. The average molecular weight is 316 g/mol. The summed E-state index contributed by atoms with van der Waals surface area (Å²) in [4.78, 5) is 16.0. The zero-order valence-corrected chi connectivity index (χ0v) is 12.4. The third kappa shape index (κ3) is 2.91. The second-order valence-corrected chi connectivity index (χ2v) is 5.84. The number of aryl methyl sites for hydroxylation is 1. The van der Waals surface area contributed by atoms with E-state index in [1.807, 2.05) is 6.92 Å². The van der Waals surface area contributed by atoms with Gasteiger partial charge in [-0.3, -0.25) is 0 Å². The Morgan fingerprint density at radius 2 is 2.00 bits per heavy atom. The maximum atomic E-state index is 11.3. The van der Waals surface area contributed by atoms with E-state index in [0.717, 1.165) is 17.8 Å². The predicted octanol–water partition coefficient (Wildman–Crippen LogP) is 4.77. The summed E-state index contributed by atoms with van der Waals surface area (Å²) in [6.45, 7) is 2.02. The van der Waals surface area contributed by atoms with Crippen LogP contribution in [0.4, 0.5) is 0 Å². The van der Waals surface area contributed by atoms with Crippen molar-refractivity contribution in [2.75, 3.05) is 0 Å². The Bertz CT molecular complexity index is 605. The minimum Gasteiger partial charge on any atom is -0.476 e. The van der Waals surface area contributed by atoms with E-state index in [9.17, 15) is 9.90 Å². The number of carboxylic acid groups (broad SMARTS) is 1. The molecule has 1 N–H and O–H groups in total. The van der Waals surface area contributed by atoms with Crippen LogP contribution in [0.3, 0.4) is 0 Å². The van der Waals surface area contributed by atoms with E-state index in [1.165, 1.54) is 11.3 Å². The fraction of sp³-hybridized carbons (Fsp3) is 0.231. The molecule has 1 aromatic heterocycles. The zero-order valence-electron chi connectivity index (χ0n) is 10.1. The van der Waals surface area contributed by atoms with Crippen molar-refractivity contribution in [2.24, 2.45) is 0 Å².